The average Bonchev–Trinajstić information content (AvgIpc) is 3.11. The number of carbonyl (C=O) groups excluding carboxylic acids is 1. The number of hydrogen-bond donors (Lipinski definition) is 2. The van der Waals surface area contributed by atoms with Gasteiger partial charge in [-0.05, 0) is 49.4 Å². The number of rotatable bonds is 5. The summed E-state index contributed by atoms with van der Waals surface area (Å²) < 4.78 is 41.9. The quantitative estimate of drug-likeness (QED) is 0.506. The van der Waals surface area contributed by atoms with Gasteiger partial charge in [-0.15, -0.1) is 0 Å². The van der Waals surface area contributed by atoms with Crippen molar-refractivity contribution >= 4 is 33.2 Å². The topological polar surface area (TPSA) is 118 Å². The Bertz CT molecular complexity index is 1350. The van der Waals surface area contributed by atoms with Gasteiger partial charge in [-0.2, -0.15) is 0 Å². The number of nitrogens with one attached hydrogen (secondary N) is 2. The Labute approximate surface area is 170 Å². The minimum atomic E-state index is -3.89. The predicted octanol–water partition coefficient (Wildman–Crippen LogP) is 2.62. The average molecular weight is 426 g/mol. The van der Waals surface area contributed by atoms with E-state index in [0.29, 0.717) is 17.0 Å². The van der Waals surface area contributed by atoms with Crippen LogP contribution in [0, 0.1) is 12.7 Å². The highest BCUT2D eigenvalue weighted by Gasteiger charge is 2.17. The molecule has 0 saturated heterocycles. The Morgan fingerprint density at radius 1 is 1.03 bits per heavy atom. The summed E-state index contributed by atoms with van der Waals surface area (Å²) in [6.45, 7) is 1.72. The molecule has 0 atom stereocenters. The van der Waals surface area contributed by atoms with E-state index in [1.165, 1.54) is 59.4 Å². The van der Waals surface area contributed by atoms with Crippen LogP contribution in [0.5, 0.6) is 0 Å². The molecule has 0 spiro atoms. The molecule has 1 amide bonds. The number of amides is 1. The molecule has 3 heterocycles. The lowest BCUT2D eigenvalue weighted by atomic mass is 10.3. The number of sulfonamides is 1. The molecule has 2 N–H and O–H groups in total. The second-order valence-corrected chi connectivity index (χ2v) is 8.03. The molecule has 0 bridgehead atoms. The van der Waals surface area contributed by atoms with Gasteiger partial charge in [-0.25, -0.2) is 32.5 Å². The molecule has 11 heteroatoms. The van der Waals surface area contributed by atoms with Crippen molar-refractivity contribution in [1.82, 2.24) is 19.4 Å². The van der Waals surface area contributed by atoms with Gasteiger partial charge in [0.05, 0.1) is 4.90 Å². The molecule has 4 rings (SSSR count). The number of imidazole rings is 1. The van der Waals surface area contributed by atoms with E-state index in [2.05, 4.69) is 25.0 Å². The van der Waals surface area contributed by atoms with Gasteiger partial charge in [-0.1, -0.05) is 0 Å². The van der Waals surface area contributed by atoms with E-state index in [4.69, 9.17) is 0 Å². The number of fused-ring (bicyclic) bond motifs is 1. The van der Waals surface area contributed by atoms with Crippen molar-refractivity contribution < 1.29 is 17.6 Å². The van der Waals surface area contributed by atoms with Gasteiger partial charge in [0, 0.05) is 30.0 Å². The van der Waals surface area contributed by atoms with E-state index >= 15 is 0 Å². The van der Waals surface area contributed by atoms with Gasteiger partial charge in [0.2, 0.25) is 5.95 Å². The van der Waals surface area contributed by atoms with Crippen LogP contribution in [0.2, 0.25) is 0 Å². The minimum absolute atomic E-state index is 0.0196. The standard InChI is InChI=1S/C19H15FN6O3S/c1-12-8-9-21-19(22-12)25-30(28,29)15-5-3-14(4-6-15)23-18(27)16-11-26-10-13(20)2-7-17(26)24-16/h2-11H,1H3,(H,23,27)(H,21,22,25). The number of pyridine rings is 1. The maximum atomic E-state index is 13.3. The van der Waals surface area contributed by atoms with Gasteiger partial charge < -0.3 is 9.72 Å². The highest BCUT2D eigenvalue weighted by molar-refractivity contribution is 7.92. The summed E-state index contributed by atoms with van der Waals surface area (Å²) in [6, 6.07) is 9.92. The lowest BCUT2D eigenvalue weighted by molar-refractivity contribution is 0.102. The van der Waals surface area contributed by atoms with Crippen LogP contribution in [0.25, 0.3) is 5.65 Å². The van der Waals surface area contributed by atoms with E-state index in [1.807, 2.05) is 0 Å². The monoisotopic (exact) mass is 426 g/mol. The molecule has 0 saturated carbocycles. The predicted molar refractivity (Wildman–Crippen MR) is 107 cm³/mol. The van der Waals surface area contributed by atoms with E-state index in [-0.39, 0.29) is 16.5 Å². The third-order valence-electron chi connectivity index (χ3n) is 4.09. The number of hydrogen-bond acceptors (Lipinski definition) is 6. The summed E-state index contributed by atoms with van der Waals surface area (Å²) in [4.78, 5) is 24.4. The number of aryl methyl sites for hydroxylation is 1. The van der Waals surface area contributed by atoms with Crippen molar-refractivity contribution in [2.75, 3.05) is 10.0 Å². The Balaban J connectivity index is 1.49. The van der Waals surface area contributed by atoms with Crippen LogP contribution < -0.4 is 10.0 Å². The Hall–Kier alpha value is -3.86. The first kappa shape index (κ1) is 19.5. The molecule has 0 aliphatic heterocycles. The Morgan fingerprint density at radius 3 is 2.53 bits per heavy atom. The Kier molecular flexibility index (Phi) is 4.88. The van der Waals surface area contributed by atoms with Crippen LogP contribution >= 0.6 is 0 Å². The van der Waals surface area contributed by atoms with Crippen molar-refractivity contribution in [3.63, 3.8) is 0 Å². The molecule has 0 aliphatic carbocycles. The van der Waals surface area contributed by atoms with E-state index in [9.17, 15) is 17.6 Å². The van der Waals surface area contributed by atoms with Gasteiger partial charge in [0.15, 0.2) is 0 Å². The lowest BCUT2D eigenvalue weighted by Gasteiger charge is -2.08. The minimum Gasteiger partial charge on any atom is -0.321 e. The fraction of sp³-hybridized carbons (Fsp3) is 0.0526. The van der Waals surface area contributed by atoms with E-state index < -0.39 is 21.7 Å². The molecular weight excluding hydrogens is 411 g/mol. The number of nitrogens with zero attached hydrogens (tertiary/aromatic N) is 4. The molecule has 0 unspecified atom stereocenters. The summed E-state index contributed by atoms with van der Waals surface area (Å²) in [7, 11) is -3.89. The molecule has 0 aliphatic rings. The van der Waals surface area contributed by atoms with Crippen molar-refractivity contribution in [3.8, 4) is 0 Å². The summed E-state index contributed by atoms with van der Waals surface area (Å²) in [5.74, 6) is -0.995. The maximum absolute atomic E-state index is 13.3. The first-order chi connectivity index (χ1) is 14.3. The third kappa shape index (κ3) is 4.10. The fourth-order valence-corrected chi connectivity index (χ4v) is 3.61. The van der Waals surface area contributed by atoms with Crippen molar-refractivity contribution in [2.45, 2.75) is 11.8 Å². The van der Waals surface area contributed by atoms with E-state index in [1.54, 1.807) is 13.0 Å². The number of carbonyl (C=O) groups is 1. The zero-order valence-corrected chi connectivity index (χ0v) is 16.4. The second kappa shape index (κ2) is 7.52. The van der Waals surface area contributed by atoms with Crippen LogP contribution in [-0.2, 0) is 10.0 Å². The summed E-state index contributed by atoms with van der Waals surface area (Å²) in [5.41, 5.74) is 1.51. The number of aromatic nitrogens is 4. The van der Waals surface area contributed by atoms with Crippen molar-refractivity contribution in [3.05, 3.63) is 78.3 Å². The van der Waals surface area contributed by atoms with Crippen LogP contribution in [0.15, 0.2) is 66.0 Å². The lowest BCUT2D eigenvalue weighted by Crippen LogP contribution is -2.16. The van der Waals surface area contributed by atoms with Crippen LogP contribution in [0.3, 0.4) is 0 Å². The normalized spacial score (nSPS) is 11.4. The second-order valence-electron chi connectivity index (χ2n) is 6.34. The zero-order chi connectivity index (χ0) is 21.3. The summed E-state index contributed by atoms with van der Waals surface area (Å²) in [6.07, 6.45) is 4.06. The van der Waals surface area contributed by atoms with Crippen LogP contribution in [0.4, 0.5) is 16.0 Å². The molecule has 0 fully saturated rings. The maximum Gasteiger partial charge on any atom is 0.275 e. The SMILES string of the molecule is Cc1ccnc(NS(=O)(=O)c2ccc(NC(=O)c3cn4cc(F)ccc4n3)cc2)n1. The third-order valence-corrected chi connectivity index (χ3v) is 5.43. The number of anilines is 2. The summed E-state index contributed by atoms with van der Waals surface area (Å²) >= 11 is 0. The zero-order valence-electron chi connectivity index (χ0n) is 15.6. The molecule has 9 nitrogen and oxygen atoms in total. The highest BCUT2D eigenvalue weighted by Crippen LogP contribution is 2.17. The molecular formula is C19H15FN6O3S. The number of halogens is 1. The van der Waals surface area contributed by atoms with Gasteiger partial charge in [0.1, 0.15) is 17.2 Å². The largest absolute Gasteiger partial charge is 0.321 e. The molecule has 1 aromatic carbocycles. The first-order valence-corrected chi connectivity index (χ1v) is 10.2. The smallest absolute Gasteiger partial charge is 0.275 e. The molecule has 152 valence electrons. The molecule has 30 heavy (non-hydrogen) atoms. The highest BCUT2D eigenvalue weighted by atomic mass is 32.2. The van der Waals surface area contributed by atoms with Crippen LogP contribution in [-0.4, -0.2) is 33.7 Å². The fourth-order valence-electron chi connectivity index (χ4n) is 2.66. The van der Waals surface area contributed by atoms with Crippen molar-refractivity contribution in [2.24, 2.45) is 0 Å². The van der Waals surface area contributed by atoms with Crippen molar-refractivity contribution in [1.29, 1.82) is 0 Å². The molecule has 3 aromatic heterocycles. The number of benzene rings is 1. The Morgan fingerprint density at radius 2 is 1.80 bits per heavy atom. The van der Waals surface area contributed by atoms with E-state index in [0.717, 1.165) is 0 Å². The van der Waals surface area contributed by atoms with Crippen LogP contribution in [0.1, 0.15) is 16.2 Å². The van der Waals surface area contributed by atoms with Gasteiger partial charge in [0.25, 0.3) is 15.9 Å². The summed E-state index contributed by atoms with van der Waals surface area (Å²) in [5, 5.41) is 2.62. The molecule has 0 radical (unpaired) electrons. The van der Waals surface area contributed by atoms with Gasteiger partial charge in [-0.3, -0.25) is 4.79 Å². The molecule has 4 aromatic rings. The van der Waals surface area contributed by atoms with Gasteiger partial charge >= 0.3 is 0 Å². The first-order valence-electron chi connectivity index (χ1n) is 8.68.